The monoisotopic (exact) mass is 239 g/mol. The number of carbonyl (C=O) groups is 1. The van der Waals surface area contributed by atoms with Crippen LogP contribution in [0.25, 0.3) is 0 Å². The maximum Gasteiger partial charge on any atom is 0.339 e. The Labute approximate surface area is 101 Å². The van der Waals surface area contributed by atoms with Crippen molar-refractivity contribution in [2.24, 2.45) is 0 Å². The molecule has 0 aliphatic heterocycles. The Balaban J connectivity index is 2.62. The summed E-state index contributed by atoms with van der Waals surface area (Å²) >= 11 is 0. The van der Waals surface area contributed by atoms with E-state index in [0.29, 0.717) is 12.0 Å². The molecule has 0 saturated heterocycles. The van der Waals surface area contributed by atoms with Gasteiger partial charge in [-0.2, -0.15) is 0 Å². The predicted molar refractivity (Wildman–Crippen MR) is 61.7 cm³/mol. The lowest BCUT2D eigenvalue weighted by molar-refractivity contribution is -0.105. The largest absolute Gasteiger partial charge is 0.465 e. The van der Waals surface area contributed by atoms with Crippen LogP contribution in [0.15, 0.2) is 18.5 Å². The minimum atomic E-state index is -0.380. The third-order valence-corrected chi connectivity index (χ3v) is 2.41. The van der Waals surface area contributed by atoms with E-state index in [1.807, 2.05) is 0 Å². The Morgan fingerprint density at radius 1 is 1.29 bits per heavy atom. The summed E-state index contributed by atoms with van der Waals surface area (Å²) in [5, 5.41) is 0. The van der Waals surface area contributed by atoms with Crippen molar-refractivity contribution in [3.8, 4) is 0 Å². The molecule has 0 aromatic carbocycles. The normalized spacial score (nSPS) is 10.6. The topological polar surface area (TPSA) is 57.7 Å². The molecule has 1 aromatic heterocycles. The second kappa shape index (κ2) is 6.98. The van der Waals surface area contributed by atoms with Crippen LogP contribution in [0.5, 0.6) is 0 Å². The van der Waals surface area contributed by atoms with Gasteiger partial charge in [0.05, 0.1) is 12.7 Å². The number of methoxy groups -OCH3 is 3. The molecule has 0 spiro atoms. The summed E-state index contributed by atoms with van der Waals surface area (Å²) in [6.07, 6.45) is 4.40. The van der Waals surface area contributed by atoms with E-state index in [1.165, 1.54) is 13.3 Å². The molecular weight excluding hydrogens is 222 g/mol. The lowest BCUT2D eigenvalue weighted by atomic mass is 10.1. The summed E-state index contributed by atoms with van der Waals surface area (Å²) < 4.78 is 14.8. The molecule has 0 atom stereocenters. The van der Waals surface area contributed by atoms with Gasteiger partial charge in [0.1, 0.15) is 0 Å². The number of aromatic nitrogens is 1. The Morgan fingerprint density at radius 3 is 2.59 bits per heavy atom. The van der Waals surface area contributed by atoms with Gasteiger partial charge in [-0.15, -0.1) is 0 Å². The highest BCUT2D eigenvalue weighted by atomic mass is 16.7. The summed E-state index contributed by atoms with van der Waals surface area (Å²) in [5.74, 6) is -0.380. The van der Waals surface area contributed by atoms with Crippen LogP contribution in [0.1, 0.15) is 22.3 Å². The van der Waals surface area contributed by atoms with Crippen molar-refractivity contribution in [3.63, 3.8) is 0 Å². The van der Waals surface area contributed by atoms with Gasteiger partial charge in [0.15, 0.2) is 6.29 Å². The van der Waals surface area contributed by atoms with Gasteiger partial charge < -0.3 is 14.2 Å². The molecule has 94 valence electrons. The van der Waals surface area contributed by atoms with Gasteiger partial charge >= 0.3 is 5.97 Å². The zero-order chi connectivity index (χ0) is 12.7. The van der Waals surface area contributed by atoms with E-state index in [1.54, 1.807) is 26.5 Å². The SMILES string of the molecule is COC(=O)c1cncc(CCC(OC)OC)c1. The van der Waals surface area contributed by atoms with E-state index < -0.39 is 0 Å². The van der Waals surface area contributed by atoms with Gasteiger partial charge in [0, 0.05) is 33.0 Å². The molecule has 1 rings (SSSR count). The summed E-state index contributed by atoms with van der Waals surface area (Å²) in [6.45, 7) is 0. The molecule has 0 N–H and O–H groups in total. The third kappa shape index (κ3) is 4.13. The molecule has 0 unspecified atom stereocenters. The second-order valence-electron chi connectivity index (χ2n) is 3.51. The molecule has 0 amide bonds. The number of nitrogens with zero attached hydrogens (tertiary/aromatic N) is 1. The van der Waals surface area contributed by atoms with Crippen LogP contribution in [0.2, 0.25) is 0 Å². The van der Waals surface area contributed by atoms with Gasteiger partial charge in [-0.3, -0.25) is 4.98 Å². The zero-order valence-electron chi connectivity index (χ0n) is 10.3. The van der Waals surface area contributed by atoms with E-state index in [2.05, 4.69) is 9.72 Å². The Hall–Kier alpha value is -1.46. The first kappa shape index (κ1) is 13.6. The highest BCUT2D eigenvalue weighted by Gasteiger charge is 2.09. The van der Waals surface area contributed by atoms with Crippen LogP contribution in [0, 0.1) is 0 Å². The van der Waals surface area contributed by atoms with Gasteiger partial charge in [-0.1, -0.05) is 0 Å². The molecule has 0 saturated carbocycles. The Bertz CT molecular complexity index is 363. The van der Waals surface area contributed by atoms with Crippen molar-refractivity contribution >= 4 is 5.97 Å². The van der Waals surface area contributed by atoms with Gasteiger partial charge in [-0.05, 0) is 18.1 Å². The van der Waals surface area contributed by atoms with Crippen molar-refractivity contribution in [3.05, 3.63) is 29.6 Å². The minimum absolute atomic E-state index is 0.239. The maximum atomic E-state index is 11.3. The average Bonchev–Trinajstić information content (AvgIpc) is 2.39. The molecule has 0 radical (unpaired) electrons. The van der Waals surface area contributed by atoms with Crippen LogP contribution in [0.4, 0.5) is 0 Å². The fourth-order valence-electron chi connectivity index (χ4n) is 1.47. The zero-order valence-corrected chi connectivity index (χ0v) is 10.3. The first-order valence-electron chi connectivity index (χ1n) is 5.29. The van der Waals surface area contributed by atoms with E-state index >= 15 is 0 Å². The number of rotatable bonds is 6. The van der Waals surface area contributed by atoms with Crippen molar-refractivity contribution in [1.82, 2.24) is 4.98 Å². The van der Waals surface area contributed by atoms with E-state index in [-0.39, 0.29) is 12.3 Å². The Kier molecular flexibility index (Phi) is 5.59. The summed E-state index contributed by atoms with van der Waals surface area (Å²) in [6, 6.07) is 1.77. The van der Waals surface area contributed by atoms with Crippen molar-refractivity contribution < 1.29 is 19.0 Å². The number of pyridine rings is 1. The lowest BCUT2D eigenvalue weighted by Crippen LogP contribution is -2.14. The molecular formula is C12H17NO4. The second-order valence-corrected chi connectivity index (χ2v) is 3.51. The standard InChI is InChI=1S/C12H17NO4/c1-15-11(16-2)5-4-9-6-10(8-13-7-9)12(14)17-3/h6-8,11H,4-5H2,1-3H3. The number of esters is 1. The van der Waals surface area contributed by atoms with Crippen LogP contribution in [0.3, 0.4) is 0 Å². The van der Waals surface area contributed by atoms with Crippen molar-refractivity contribution in [1.29, 1.82) is 0 Å². The van der Waals surface area contributed by atoms with E-state index in [4.69, 9.17) is 9.47 Å². The number of carbonyl (C=O) groups excluding carboxylic acids is 1. The molecule has 5 heteroatoms. The molecule has 1 aromatic rings. The number of aryl methyl sites for hydroxylation is 1. The number of hydrogen-bond donors (Lipinski definition) is 0. The number of hydrogen-bond acceptors (Lipinski definition) is 5. The molecule has 17 heavy (non-hydrogen) atoms. The van der Waals surface area contributed by atoms with Gasteiger partial charge in [-0.25, -0.2) is 4.79 Å². The first-order chi connectivity index (χ1) is 8.21. The fourth-order valence-corrected chi connectivity index (χ4v) is 1.47. The summed E-state index contributed by atoms with van der Waals surface area (Å²) in [7, 11) is 4.54. The minimum Gasteiger partial charge on any atom is -0.465 e. The number of ether oxygens (including phenoxy) is 3. The van der Waals surface area contributed by atoms with Crippen LogP contribution >= 0.6 is 0 Å². The lowest BCUT2D eigenvalue weighted by Gasteiger charge is -2.12. The Morgan fingerprint density at radius 2 is 2.00 bits per heavy atom. The van der Waals surface area contributed by atoms with Gasteiger partial charge in [0.2, 0.25) is 0 Å². The fraction of sp³-hybridized carbons (Fsp3) is 0.500. The molecule has 0 aliphatic rings. The smallest absolute Gasteiger partial charge is 0.339 e. The predicted octanol–water partition coefficient (Wildman–Crippen LogP) is 1.42. The van der Waals surface area contributed by atoms with Crippen molar-refractivity contribution in [2.75, 3.05) is 21.3 Å². The maximum absolute atomic E-state index is 11.3. The molecule has 1 heterocycles. The van der Waals surface area contributed by atoms with Crippen LogP contribution in [-0.4, -0.2) is 38.6 Å². The molecule has 0 bridgehead atoms. The summed E-state index contributed by atoms with van der Waals surface area (Å²) in [4.78, 5) is 15.3. The molecule has 5 nitrogen and oxygen atoms in total. The van der Waals surface area contributed by atoms with Crippen LogP contribution < -0.4 is 0 Å². The van der Waals surface area contributed by atoms with Crippen molar-refractivity contribution in [2.45, 2.75) is 19.1 Å². The molecule has 0 aliphatic carbocycles. The third-order valence-electron chi connectivity index (χ3n) is 2.41. The van der Waals surface area contributed by atoms with Gasteiger partial charge in [0.25, 0.3) is 0 Å². The highest BCUT2D eigenvalue weighted by Crippen LogP contribution is 2.09. The van der Waals surface area contributed by atoms with E-state index in [9.17, 15) is 4.79 Å². The van der Waals surface area contributed by atoms with E-state index in [0.717, 1.165) is 12.0 Å². The summed E-state index contributed by atoms with van der Waals surface area (Å²) in [5.41, 5.74) is 1.41. The highest BCUT2D eigenvalue weighted by molar-refractivity contribution is 5.89. The first-order valence-corrected chi connectivity index (χ1v) is 5.29. The quantitative estimate of drug-likeness (QED) is 0.555. The molecule has 0 fully saturated rings. The van der Waals surface area contributed by atoms with Crippen LogP contribution in [-0.2, 0) is 20.6 Å². The average molecular weight is 239 g/mol.